The Morgan fingerprint density at radius 2 is 2.31 bits per heavy atom. The first kappa shape index (κ1) is 9.36. The molecule has 0 aliphatic rings. The molecule has 0 radical (unpaired) electrons. The first-order valence-electron chi connectivity index (χ1n) is 3.49. The van der Waals surface area contributed by atoms with Gasteiger partial charge in [-0.05, 0) is 34.0 Å². The third kappa shape index (κ3) is 2.00. The van der Waals surface area contributed by atoms with E-state index < -0.39 is 0 Å². The van der Waals surface area contributed by atoms with Gasteiger partial charge in [0.25, 0.3) is 0 Å². The summed E-state index contributed by atoms with van der Waals surface area (Å²) in [5.41, 5.74) is 0. The fourth-order valence-corrected chi connectivity index (χ4v) is 1.92. The largest absolute Gasteiger partial charge is 0.235 e. The molecule has 2 aromatic heterocycles. The molecule has 2 aromatic rings. The van der Waals surface area contributed by atoms with Crippen molar-refractivity contribution < 1.29 is 0 Å². The van der Waals surface area contributed by atoms with Gasteiger partial charge >= 0.3 is 0 Å². The molecule has 0 aliphatic heterocycles. The van der Waals surface area contributed by atoms with Crippen LogP contribution in [0.4, 0.5) is 0 Å². The lowest BCUT2D eigenvalue weighted by molar-refractivity contribution is 1.17. The Labute approximate surface area is 98.1 Å². The minimum absolute atomic E-state index is 0.513. The van der Waals surface area contributed by atoms with Crippen LogP contribution in [-0.2, 0) is 0 Å². The maximum atomic E-state index is 5.88. The second-order valence-corrected chi connectivity index (χ2v) is 4.78. The summed E-state index contributed by atoms with van der Waals surface area (Å²) in [7, 11) is 0. The van der Waals surface area contributed by atoms with Crippen LogP contribution in [0, 0.1) is 3.57 Å². The minimum Gasteiger partial charge on any atom is -0.235 e. The Morgan fingerprint density at radius 3 is 2.92 bits per heavy atom. The molecule has 0 bridgehead atoms. The highest BCUT2D eigenvalue weighted by atomic mass is 127. The van der Waals surface area contributed by atoms with Crippen LogP contribution in [0.5, 0.6) is 0 Å². The van der Waals surface area contributed by atoms with Crippen LogP contribution in [0.3, 0.4) is 0 Å². The molecule has 0 amide bonds. The van der Waals surface area contributed by atoms with E-state index in [9.17, 15) is 0 Å². The van der Waals surface area contributed by atoms with Gasteiger partial charge in [-0.15, -0.1) is 11.3 Å². The Balaban J connectivity index is 2.49. The topological polar surface area (TPSA) is 25.8 Å². The number of hydrogen-bond donors (Lipinski definition) is 0. The highest BCUT2D eigenvalue weighted by molar-refractivity contribution is 14.1. The summed E-state index contributed by atoms with van der Waals surface area (Å²) in [6, 6.07) is 3.94. The number of aromatic nitrogens is 2. The number of nitrogens with zero attached hydrogens (tertiary/aromatic N) is 2. The van der Waals surface area contributed by atoms with E-state index in [1.54, 1.807) is 17.5 Å². The molecule has 0 aliphatic carbocycles. The van der Waals surface area contributed by atoms with E-state index in [4.69, 9.17) is 11.6 Å². The van der Waals surface area contributed by atoms with Crippen molar-refractivity contribution in [3.63, 3.8) is 0 Å². The van der Waals surface area contributed by atoms with Gasteiger partial charge in [0.15, 0.2) is 5.82 Å². The third-order valence-corrected chi connectivity index (χ3v) is 3.71. The predicted molar refractivity (Wildman–Crippen MR) is 63.1 cm³/mol. The van der Waals surface area contributed by atoms with Crippen molar-refractivity contribution >= 4 is 45.5 Å². The Bertz CT molecular complexity index is 416. The van der Waals surface area contributed by atoms with Gasteiger partial charge in [-0.25, -0.2) is 9.97 Å². The van der Waals surface area contributed by atoms with Gasteiger partial charge in [0.2, 0.25) is 0 Å². The lowest BCUT2D eigenvalue weighted by atomic mass is 10.4. The molecule has 66 valence electrons. The first-order chi connectivity index (χ1) is 6.27. The van der Waals surface area contributed by atoms with Crippen molar-refractivity contribution in [3.8, 4) is 10.7 Å². The summed E-state index contributed by atoms with van der Waals surface area (Å²) >= 11 is 9.59. The van der Waals surface area contributed by atoms with Crippen molar-refractivity contribution in [1.29, 1.82) is 0 Å². The van der Waals surface area contributed by atoms with E-state index in [-0.39, 0.29) is 0 Å². The molecule has 0 atom stereocenters. The van der Waals surface area contributed by atoms with Crippen molar-refractivity contribution in [1.82, 2.24) is 9.97 Å². The Morgan fingerprint density at radius 1 is 1.46 bits per heavy atom. The maximum absolute atomic E-state index is 5.88. The second-order valence-electron chi connectivity index (χ2n) is 2.31. The van der Waals surface area contributed by atoms with Crippen LogP contribution in [0.25, 0.3) is 10.7 Å². The summed E-state index contributed by atoms with van der Waals surface area (Å²) in [5.74, 6) is 0.695. The fourth-order valence-electron chi connectivity index (χ4n) is 0.871. The van der Waals surface area contributed by atoms with E-state index in [0.717, 1.165) is 8.45 Å². The number of thiophene rings is 1. The minimum atomic E-state index is 0.513. The summed E-state index contributed by atoms with van der Waals surface area (Å²) in [5, 5.41) is 2.50. The lowest BCUT2D eigenvalue weighted by Crippen LogP contribution is -1.88. The van der Waals surface area contributed by atoms with Crippen LogP contribution in [0.2, 0.25) is 5.15 Å². The smallest absolute Gasteiger partial charge is 0.170 e. The molecule has 13 heavy (non-hydrogen) atoms. The highest BCUT2D eigenvalue weighted by Gasteiger charge is 2.04. The van der Waals surface area contributed by atoms with Crippen LogP contribution in [0.15, 0.2) is 23.7 Å². The van der Waals surface area contributed by atoms with E-state index >= 15 is 0 Å². The standard InChI is InChI=1S/C8H4ClIN2S/c9-7-5(10)4-11-8(12-7)6-2-1-3-13-6/h1-4H. The van der Waals surface area contributed by atoms with Crippen LogP contribution in [-0.4, -0.2) is 9.97 Å². The van der Waals surface area contributed by atoms with Crippen molar-refractivity contribution in [2.75, 3.05) is 0 Å². The summed E-state index contributed by atoms with van der Waals surface area (Å²) < 4.78 is 0.875. The summed E-state index contributed by atoms with van der Waals surface area (Å²) in [6.07, 6.45) is 1.73. The summed E-state index contributed by atoms with van der Waals surface area (Å²) in [4.78, 5) is 9.40. The van der Waals surface area contributed by atoms with E-state index in [0.29, 0.717) is 11.0 Å². The van der Waals surface area contributed by atoms with Gasteiger partial charge in [0.05, 0.1) is 8.45 Å². The van der Waals surface area contributed by atoms with Crippen molar-refractivity contribution in [3.05, 3.63) is 32.4 Å². The van der Waals surface area contributed by atoms with E-state index in [1.807, 2.05) is 17.5 Å². The molecule has 2 rings (SSSR count). The van der Waals surface area contributed by atoms with Crippen LogP contribution >= 0.6 is 45.5 Å². The second kappa shape index (κ2) is 3.89. The zero-order chi connectivity index (χ0) is 9.26. The predicted octanol–water partition coefficient (Wildman–Crippen LogP) is 3.46. The molecule has 0 spiro atoms. The van der Waals surface area contributed by atoms with Gasteiger partial charge < -0.3 is 0 Å². The molecule has 0 aromatic carbocycles. The normalized spacial score (nSPS) is 10.3. The first-order valence-corrected chi connectivity index (χ1v) is 5.83. The van der Waals surface area contributed by atoms with Gasteiger partial charge in [0.1, 0.15) is 5.15 Å². The molecule has 0 unspecified atom stereocenters. The Hall–Kier alpha value is -0.200. The fraction of sp³-hybridized carbons (Fsp3) is 0. The van der Waals surface area contributed by atoms with Crippen LogP contribution < -0.4 is 0 Å². The number of halogens is 2. The molecular formula is C8H4ClIN2S. The van der Waals surface area contributed by atoms with E-state index in [2.05, 4.69) is 32.6 Å². The zero-order valence-electron chi connectivity index (χ0n) is 6.37. The third-order valence-electron chi connectivity index (χ3n) is 1.44. The van der Waals surface area contributed by atoms with Crippen molar-refractivity contribution in [2.24, 2.45) is 0 Å². The maximum Gasteiger partial charge on any atom is 0.170 e. The molecule has 2 nitrogen and oxygen atoms in total. The van der Waals surface area contributed by atoms with Gasteiger partial charge in [-0.3, -0.25) is 0 Å². The van der Waals surface area contributed by atoms with Crippen LogP contribution in [0.1, 0.15) is 0 Å². The molecule has 5 heteroatoms. The summed E-state index contributed by atoms with van der Waals surface area (Å²) in [6.45, 7) is 0. The monoisotopic (exact) mass is 322 g/mol. The van der Waals surface area contributed by atoms with Gasteiger partial charge in [-0.1, -0.05) is 17.7 Å². The van der Waals surface area contributed by atoms with E-state index in [1.165, 1.54) is 0 Å². The zero-order valence-corrected chi connectivity index (χ0v) is 10.1. The average molecular weight is 323 g/mol. The van der Waals surface area contributed by atoms with Gasteiger partial charge in [0, 0.05) is 6.20 Å². The molecule has 0 N–H and O–H groups in total. The lowest BCUT2D eigenvalue weighted by Gasteiger charge is -1.97. The average Bonchev–Trinajstić information content (AvgIpc) is 2.62. The quantitative estimate of drug-likeness (QED) is 0.593. The van der Waals surface area contributed by atoms with Crippen molar-refractivity contribution in [2.45, 2.75) is 0 Å². The molecular weight excluding hydrogens is 319 g/mol. The molecule has 0 fully saturated rings. The molecule has 2 heterocycles. The number of rotatable bonds is 1. The SMILES string of the molecule is Clc1nc(-c2cccs2)ncc1I. The molecule has 0 saturated heterocycles. The Kier molecular flexibility index (Phi) is 2.80. The highest BCUT2D eigenvalue weighted by Crippen LogP contribution is 2.23. The van der Waals surface area contributed by atoms with Gasteiger partial charge in [-0.2, -0.15) is 0 Å². The molecule has 0 saturated carbocycles. The number of hydrogen-bond acceptors (Lipinski definition) is 3.